The molecule has 1 aliphatic rings. The van der Waals surface area contributed by atoms with Crippen LogP contribution in [0, 0.1) is 6.92 Å². The van der Waals surface area contributed by atoms with Crippen molar-refractivity contribution < 1.29 is 10.2 Å². The molecule has 1 aromatic rings. The minimum atomic E-state index is -0.664. The number of hydrogen-bond acceptors (Lipinski definition) is 2. The average Bonchev–Trinajstić information content (AvgIpc) is 2.05. The van der Waals surface area contributed by atoms with Gasteiger partial charge in [-0.15, -0.1) is 0 Å². The van der Waals surface area contributed by atoms with Gasteiger partial charge in [0.1, 0.15) is 5.75 Å². The molecule has 0 radical (unpaired) electrons. The van der Waals surface area contributed by atoms with Gasteiger partial charge in [0.2, 0.25) is 0 Å². The molecular weight excluding hydrogens is 164 g/mol. The maximum absolute atomic E-state index is 10.1. The maximum Gasteiger partial charge on any atom is 0.115 e. The monoisotopic (exact) mass is 178 g/mol. The fourth-order valence-electron chi connectivity index (χ4n) is 1.89. The van der Waals surface area contributed by atoms with Gasteiger partial charge < -0.3 is 10.2 Å². The lowest BCUT2D eigenvalue weighted by atomic mass is 9.74. The molecule has 0 aliphatic heterocycles. The summed E-state index contributed by atoms with van der Waals surface area (Å²) >= 11 is 0. The lowest BCUT2D eigenvalue weighted by molar-refractivity contribution is -0.0394. The predicted octanol–water partition coefficient (Wildman–Crippen LogP) is 2.07. The van der Waals surface area contributed by atoms with Gasteiger partial charge in [-0.2, -0.15) is 0 Å². The molecule has 2 nitrogen and oxygen atoms in total. The largest absolute Gasteiger partial charge is 0.508 e. The van der Waals surface area contributed by atoms with E-state index in [2.05, 4.69) is 0 Å². The van der Waals surface area contributed by atoms with Crippen molar-refractivity contribution in [3.05, 3.63) is 29.3 Å². The van der Waals surface area contributed by atoms with E-state index in [0.717, 1.165) is 30.4 Å². The minimum Gasteiger partial charge on any atom is -0.508 e. The first kappa shape index (κ1) is 8.57. The van der Waals surface area contributed by atoms with Crippen LogP contribution in [0.5, 0.6) is 5.75 Å². The second-order valence-corrected chi connectivity index (χ2v) is 3.88. The summed E-state index contributed by atoms with van der Waals surface area (Å²) < 4.78 is 0. The number of rotatable bonds is 1. The first-order valence-electron chi connectivity index (χ1n) is 4.64. The third-order valence-electron chi connectivity index (χ3n) is 2.90. The van der Waals surface area contributed by atoms with Crippen molar-refractivity contribution in [2.45, 2.75) is 31.8 Å². The molecule has 2 rings (SSSR count). The van der Waals surface area contributed by atoms with Crippen molar-refractivity contribution in [3.8, 4) is 5.75 Å². The highest BCUT2D eigenvalue weighted by Gasteiger charge is 2.37. The molecule has 0 unspecified atom stereocenters. The first-order chi connectivity index (χ1) is 6.12. The van der Waals surface area contributed by atoms with Gasteiger partial charge in [-0.3, -0.25) is 0 Å². The molecule has 0 atom stereocenters. The van der Waals surface area contributed by atoms with E-state index in [-0.39, 0.29) is 5.75 Å². The van der Waals surface area contributed by atoms with Crippen molar-refractivity contribution >= 4 is 0 Å². The molecular formula is C11H14O2. The first-order valence-corrected chi connectivity index (χ1v) is 4.64. The average molecular weight is 178 g/mol. The van der Waals surface area contributed by atoms with E-state index in [4.69, 9.17) is 0 Å². The van der Waals surface area contributed by atoms with Crippen molar-refractivity contribution in [1.82, 2.24) is 0 Å². The summed E-state index contributed by atoms with van der Waals surface area (Å²) in [6.45, 7) is 1.96. The fourth-order valence-corrected chi connectivity index (χ4v) is 1.89. The van der Waals surface area contributed by atoms with Gasteiger partial charge in [0.25, 0.3) is 0 Å². The summed E-state index contributed by atoms with van der Waals surface area (Å²) in [6, 6.07) is 5.18. The van der Waals surface area contributed by atoms with E-state index in [9.17, 15) is 10.2 Å². The highest BCUT2D eigenvalue weighted by atomic mass is 16.3. The molecule has 1 aliphatic carbocycles. The van der Waals surface area contributed by atoms with E-state index < -0.39 is 5.60 Å². The zero-order valence-electron chi connectivity index (χ0n) is 7.75. The molecule has 1 fully saturated rings. The van der Waals surface area contributed by atoms with Gasteiger partial charge in [-0.05, 0) is 49.4 Å². The highest BCUT2D eigenvalue weighted by molar-refractivity contribution is 5.38. The standard InChI is InChI=1S/C11H14O2/c1-8-3-4-9(12)7-10(8)11(13)5-2-6-11/h3-4,7,12-13H,2,5-6H2,1H3. The number of hydrogen-bond donors (Lipinski definition) is 2. The predicted molar refractivity (Wildman–Crippen MR) is 50.6 cm³/mol. The topological polar surface area (TPSA) is 40.5 Å². The van der Waals surface area contributed by atoms with E-state index in [1.165, 1.54) is 0 Å². The van der Waals surface area contributed by atoms with E-state index in [1.54, 1.807) is 12.1 Å². The zero-order valence-corrected chi connectivity index (χ0v) is 7.75. The Balaban J connectivity index is 2.43. The number of phenolic OH excluding ortho intramolecular Hbond substituents is 1. The van der Waals surface area contributed by atoms with Crippen LogP contribution < -0.4 is 0 Å². The second kappa shape index (κ2) is 2.74. The van der Waals surface area contributed by atoms with Crippen molar-refractivity contribution in [2.24, 2.45) is 0 Å². The molecule has 2 heteroatoms. The number of aliphatic hydroxyl groups is 1. The maximum atomic E-state index is 10.1. The Kier molecular flexibility index (Phi) is 1.81. The number of aromatic hydroxyl groups is 1. The van der Waals surface area contributed by atoms with Crippen LogP contribution >= 0.6 is 0 Å². The molecule has 0 saturated heterocycles. The molecule has 1 saturated carbocycles. The molecule has 70 valence electrons. The summed E-state index contributed by atoms with van der Waals surface area (Å²) in [6.07, 6.45) is 2.71. The zero-order chi connectivity index (χ0) is 9.47. The lowest BCUT2D eigenvalue weighted by Crippen LogP contribution is -2.34. The molecule has 0 heterocycles. The lowest BCUT2D eigenvalue weighted by Gasteiger charge is -2.38. The smallest absolute Gasteiger partial charge is 0.115 e. The van der Waals surface area contributed by atoms with Crippen molar-refractivity contribution in [1.29, 1.82) is 0 Å². The van der Waals surface area contributed by atoms with Gasteiger partial charge in [-0.25, -0.2) is 0 Å². The normalized spacial score (nSPS) is 19.5. The Bertz CT molecular complexity index is 327. The van der Waals surface area contributed by atoms with E-state index in [1.807, 2.05) is 13.0 Å². The van der Waals surface area contributed by atoms with Crippen molar-refractivity contribution in [2.75, 3.05) is 0 Å². The molecule has 2 N–H and O–H groups in total. The Morgan fingerprint density at radius 3 is 2.54 bits per heavy atom. The minimum absolute atomic E-state index is 0.237. The summed E-state index contributed by atoms with van der Waals surface area (Å²) in [7, 11) is 0. The SMILES string of the molecule is Cc1ccc(O)cc1C1(O)CCC1. The van der Waals surface area contributed by atoms with Crippen LogP contribution in [0.25, 0.3) is 0 Å². The Hall–Kier alpha value is -1.02. The second-order valence-electron chi connectivity index (χ2n) is 3.88. The highest BCUT2D eigenvalue weighted by Crippen LogP contribution is 2.43. The molecule has 1 aromatic carbocycles. The van der Waals surface area contributed by atoms with Gasteiger partial charge in [0.15, 0.2) is 0 Å². The summed E-state index contributed by atoms with van der Waals surface area (Å²) in [5.74, 6) is 0.237. The summed E-state index contributed by atoms with van der Waals surface area (Å²) in [5.41, 5.74) is 1.28. The van der Waals surface area contributed by atoms with Crippen LogP contribution in [0.4, 0.5) is 0 Å². The molecule has 0 spiro atoms. The molecule has 0 aromatic heterocycles. The third-order valence-corrected chi connectivity index (χ3v) is 2.90. The third kappa shape index (κ3) is 1.31. The van der Waals surface area contributed by atoms with Crippen LogP contribution in [-0.2, 0) is 5.60 Å². The fraction of sp³-hybridized carbons (Fsp3) is 0.455. The van der Waals surface area contributed by atoms with Crippen LogP contribution in [0.15, 0.2) is 18.2 Å². The number of benzene rings is 1. The van der Waals surface area contributed by atoms with E-state index >= 15 is 0 Å². The van der Waals surface area contributed by atoms with E-state index in [0.29, 0.717) is 0 Å². The molecule has 0 bridgehead atoms. The van der Waals surface area contributed by atoms with Gasteiger partial charge in [-0.1, -0.05) is 6.07 Å². The van der Waals surface area contributed by atoms with Crippen LogP contribution in [-0.4, -0.2) is 10.2 Å². The van der Waals surface area contributed by atoms with Gasteiger partial charge in [0, 0.05) is 0 Å². The Morgan fingerprint density at radius 1 is 1.31 bits per heavy atom. The van der Waals surface area contributed by atoms with Gasteiger partial charge >= 0.3 is 0 Å². The van der Waals surface area contributed by atoms with Crippen molar-refractivity contribution in [3.63, 3.8) is 0 Å². The Labute approximate surface area is 77.8 Å². The quantitative estimate of drug-likeness (QED) is 0.691. The van der Waals surface area contributed by atoms with Gasteiger partial charge in [0.05, 0.1) is 5.60 Å². The number of phenols is 1. The summed E-state index contributed by atoms with van der Waals surface area (Å²) in [4.78, 5) is 0. The van der Waals surface area contributed by atoms with Crippen LogP contribution in [0.3, 0.4) is 0 Å². The molecule has 13 heavy (non-hydrogen) atoms. The molecule has 0 amide bonds. The Morgan fingerprint density at radius 2 is 2.00 bits per heavy atom. The number of aryl methyl sites for hydroxylation is 1. The van der Waals surface area contributed by atoms with Crippen LogP contribution in [0.2, 0.25) is 0 Å². The van der Waals surface area contributed by atoms with Crippen LogP contribution in [0.1, 0.15) is 30.4 Å². The summed E-state index contributed by atoms with van der Waals surface area (Å²) in [5, 5.41) is 19.4.